The van der Waals surface area contributed by atoms with Crippen LogP contribution in [0.1, 0.15) is 19.5 Å². The van der Waals surface area contributed by atoms with E-state index in [4.69, 9.17) is 4.98 Å². The third-order valence-corrected chi connectivity index (χ3v) is 4.85. The number of aromatic amines is 1. The van der Waals surface area contributed by atoms with E-state index in [1.807, 2.05) is 44.4 Å². The molecule has 6 nitrogen and oxygen atoms in total. The van der Waals surface area contributed by atoms with Crippen molar-refractivity contribution in [2.24, 2.45) is 0 Å². The van der Waals surface area contributed by atoms with E-state index in [1.54, 1.807) is 0 Å². The Morgan fingerprint density at radius 1 is 0.964 bits per heavy atom. The molecule has 0 unspecified atom stereocenters. The molecule has 2 heterocycles. The zero-order valence-corrected chi connectivity index (χ0v) is 16.6. The Kier molecular flexibility index (Phi) is 4.69. The first-order valence-electron chi connectivity index (χ1n) is 9.40. The summed E-state index contributed by atoms with van der Waals surface area (Å²) in [4.78, 5) is 13.6. The normalized spacial score (nSPS) is 11.2. The molecule has 6 heteroatoms. The largest absolute Gasteiger partial charge is 0.329 e. The molecule has 0 aliphatic rings. The summed E-state index contributed by atoms with van der Waals surface area (Å²) in [7, 11) is 2.01. The highest BCUT2D eigenvalue weighted by molar-refractivity contribution is 5.85. The number of hydrogen-bond donors (Lipinski definition) is 1. The topological polar surface area (TPSA) is 60.9 Å². The second-order valence-electron chi connectivity index (χ2n) is 7.12. The number of benzene rings is 2. The molecule has 2 aromatic carbocycles. The average molecular weight is 372 g/mol. The lowest BCUT2D eigenvalue weighted by Gasteiger charge is -2.28. The molecular formula is C22H24N6. The van der Waals surface area contributed by atoms with Gasteiger partial charge in [-0.25, -0.2) is 4.98 Å². The van der Waals surface area contributed by atoms with Gasteiger partial charge in [-0.3, -0.25) is 5.10 Å². The highest BCUT2D eigenvalue weighted by Gasteiger charge is 2.17. The first kappa shape index (κ1) is 18.0. The molecule has 4 rings (SSSR count). The van der Waals surface area contributed by atoms with Crippen LogP contribution in [0.5, 0.6) is 0 Å². The number of para-hydroxylation sites is 1. The monoisotopic (exact) mass is 372 g/mol. The molecule has 0 saturated heterocycles. The van der Waals surface area contributed by atoms with Crippen LogP contribution in [0, 0.1) is 6.92 Å². The fourth-order valence-corrected chi connectivity index (χ4v) is 3.35. The number of H-pyrrole nitrogens is 1. The molecule has 2 aromatic heterocycles. The number of hydrogen-bond acceptors (Lipinski definition) is 5. The molecule has 0 radical (unpaired) electrons. The average Bonchev–Trinajstić information content (AvgIpc) is 3.08. The van der Waals surface area contributed by atoms with E-state index in [-0.39, 0.29) is 6.04 Å². The summed E-state index contributed by atoms with van der Waals surface area (Å²) in [6, 6.07) is 18.6. The SMILES string of the molecule is Cc1[nH]nc2cc(N(C)c3ccnc(N(c4ccccc4)C(C)C)n3)ccc12. The second-order valence-corrected chi connectivity index (χ2v) is 7.12. The van der Waals surface area contributed by atoms with Crippen molar-refractivity contribution in [1.82, 2.24) is 20.2 Å². The Labute approximate surface area is 164 Å². The van der Waals surface area contributed by atoms with E-state index >= 15 is 0 Å². The van der Waals surface area contributed by atoms with Crippen molar-refractivity contribution < 1.29 is 0 Å². The Morgan fingerprint density at radius 2 is 1.75 bits per heavy atom. The molecule has 28 heavy (non-hydrogen) atoms. The van der Waals surface area contributed by atoms with Gasteiger partial charge in [0.2, 0.25) is 5.95 Å². The van der Waals surface area contributed by atoms with Crippen LogP contribution in [-0.2, 0) is 0 Å². The van der Waals surface area contributed by atoms with Crippen molar-refractivity contribution in [2.45, 2.75) is 26.8 Å². The van der Waals surface area contributed by atoms with Gasteiger partial charge in [0.05, 0.1) is 5.52 Å². The van der Waals surface area contributed by atoms with Gasteiger partial charge < -0.3 is 9.80 Å². The minimum atomic E-state index is 0.228. The molecular weight excluding hydrogens is 348 g/mol. The van der Waals surface area contributed by atoms with Gasteiger partial charge in [0, 0.05) is 41.7 Å². The van der Waals surface area contributed by atoms with Crippen molar-refractivity contribution in [3.8, 4) is 0 Å². The predicted molar refractivity (Wildman–Crippen MR) is 115 cm³/mol. The highest BCUT2D eigenvalue weighted by Crippen LogP contribution is 2.29. The Bertz CT molecular complexity index is 1090. The molecule has 142 valence electrons. The van der Waals surface area contributed by atoms with Gasteiger partial charge in [0.15, 0.2) is 0 Å². The van der Waals surface area contributed by atoms with Crippen LogP contribution in [0.4, 0.5) is 23.1 Å². The first-order valence-corrected chi connectivity index (χ1v) is 9.40. The zero-order valence-electron chi connectivity index (χ0n) is 16.6. The minimum absolute atomic E-state index is 0.228. The molecule has 0 fully saturated rings. The molecule has 4 aromatic rings. The van der Waals surface area contributed by atoms with Crippen LogP contribution < -0.4 is 9.80 Å². The minimum Gasteiger partial charge on any atom is -0.329 e. The van der Waals surface area contributed by atoms with Crippen LogP contribution in [0.25, 0.3) is 10.9 Å². The Morgan fingerprint density at radius 3 is 2.50 bits per heavy atom. The fraction of sp³-hybridized carbons (Fsp3) is 0.227. The predicted octanol–water partition coefficient (Wildman–Crippen LogP) is 4.98. The van der Waals surface area contributed by atoms with Crippen molar-refractivity contribution in [2.75, 3.05) is 16.8 Å². The van der Waals surface area contributed by atoms with Crippen LogP contribution >= 0.6 is 0 Å². The van der Waals surface area contributed by atoms with E-state index in [2.05, 4.69) is 69.2 Å². The molecule has 0 bridgehead atoms. The third-order valence-electron chi connectivity index (χ3n) is 4.85. The van der Waals surface area contributed by atoms with Gasteiger partial charge in [0.25, 0.3) is 0 Å². The maximum Gasteiger partial charge on any atom is 0.232 e. The summed E-state index contributed by atoms with van der Waals surface area (Å²) in [6.07, 6.45) is 1.81. The van der Waals surface area contributed by atoms with Gasteiger partial charge >= 0.3 is 0 Å². The molecule has 1 N–H and O–H groups in total. The molecule has 0 amide bonds. The number of fused-ring (bicyclic) bond motifs is 1. The maximum atomic E-state index is 4.84. The van der Waals surface area contributed by atoms with Crippen LogP contribution in [0.2, 0.25) is 0 Å². The first-order chi connectivity index (χ1) is 13.5. The highest BCUT2D eigenvalue weighted by atomic mass is 15.3. The van der Waals surface area contributed by atoms with Crippen LogP contribution in [0.15, 0.2) is 60.8 Å². The third kappa shape index (κ3) is 3.29. The summed E-state index contributed by atoms with van der Waals surface area (Å²) >= 11 is 0. The summed E-state index contributed by atoms with van der Waals surface area (Å²) < 4.78 is 0. The quantitative estimate of drug-likeness (QED) is 0.535. The van der Waals surface area contributed by atoms with E-state index in [0.717, 1.165) is 33.8 Å². The summed E-state index contributed by atoms with van der Waals surface area (Å²) in [5.74, 6) is 1.51. The van der Waals surface area contributed by atoms with Gasteiger partial charge in [-0.05, 0) is 57.2 Å². The number of anilines is 4. The molecule has 0 atom stereocenters. The maximum absolute atomic E-state index is 4.84. The Hall–Kier alpha value is -3.41. The van der Waals surface area contributed by atoms with Gasteiger partial charge in [0.1, 0.15) is 5.82 Å². The van der Waals surface area contributed by atoms with Gasteiger partial charge in [-0.1, -0.05) is 18.2 Å². The van der Waals surface area contributed by atoms with Crippen LogP contribution in [-0.4, -0.2) is 33.3 Å². The van der Waals surface area contributed by atoms with Crippen molar-refractivity contribution >= 4 is 34.0 Å². The zero-order chi connectivity index (χ0) is 19.7. The number of nitrogens with one attached hydrogen (secondary N) is 1. The molecule has 0 aliphatic heterocycles. The Balaban J connectivity index is 1.70. The van der Waals surface area contributed by atoms with Crippen molar-refractivity contribution in [1.29, 1.82) is 0 Å². The number of aromatic nitrogens is 4. The smallest absolute Gasteiger partial charge is 0.232 e. The molecule has 0 aliphatic carbocycles. The summed E-state index contributed by atoms with van der Waals surface area (Å²) in [5.41, 5.74) is 4.12. The summed E-state index contributed by atoms with van der Waals surface area (Å²) in [6.45, 7) is 6.31. The molecule has 0 spiro atoms. The lowest BCUT2D eigenvalue weighted by atomic mass is 10.2. The second kappa shape index (κ2) is 7.31. The summed E-state index contributed by atoms with van der Waals surface area (Å²) in [5, 5.41) is 8.54. The van der Waals surface area contributed by atoms with Crippen molar-refractivity contribution in [3.63, 3.8) is 0 Å². The van der Waals surface area contributed by atoms with E-state index in [9.17, 15) is 0 Å². The van der Waals surface area contributed by atoms with Gasteiger partial charge in [-0.2, -0.15) is 10.1 Å². The number of aryl methyl sites for hydroxylation is 1. The fourth-order valence-electron chi connectivity index (χ4n) is 3.35. The number of rotatable bonds is 5. The molecule has 0 saturated carbocycles. The van der Waals surface area contributed by atoms with E-state index in [0.29, 0.717) is 5.95 Å². The standard InChI is InChI=1S/C22H24N6/c1-15(2)28(17-8-6-5-7-9-17)22-23-13-12-21(24-22)27(4)18-10-11-19-16(3)25-26-20(19)14-18/h5-15H,1-4H3,(H,25,26). The lowest BCUT2D eigenvalue weighted by Crippen LogP contribution is -2.27. The van der Waals surface area contributed by atoms with Crippen LogP contribution in [0.3, 0.4) is 0 Å². The van der Waals surface area contributed by atoms with Crippen molar-refractivity contribution in [3.05, 3.63) is 66.5 Å². The van der Waals surface area contributed by atoms with E-state index in [1.165, 1.54) is 0 Å². The van der Waals surface area contributed by atoms with E-state index < -0.39 is 0 Å². The number of nitrogens with zero attached hydrogens (tertiary/aromatic N) is 5. The van der Waals surface area contributed by atoms with Gasteiger partial charge in [-0.15, -0.1) is 0 Å². The lowest BCUT2D eigenvalue weighted by molar-refractivity contribution is 0.762.